The summed E-state index contributed by atoms with van der Waals surface area (Å²) in [5.41, 5.74) is 5.66. The van der Waals surface area contributed by atoms with Crippen LogP contribution in [-0.4, -0.2) is 28.3 Å². The van der Waals surface area contributed by atoms with Crippen LogP contribution in [-0.2, 0) is 4.79 Å². The van der Waals surface area contributed by atoms with E-state index in [1.54, 1.807) is 0 Å². The second-order valence-electron chi connectivity index (χ2n) is 3.76. The molecule has 0 aromatic carbocycles. The summed E-state index contributed by atoms with van der Waals surface area (Å²) in [4.78, 5) is 10.5. The summed E-state index contributed by atoms with van der Waals surface area (Å²) in [6.07, 6.45) is 3.90. The Bertz CT molecular complexity index is 178. The van der Waals surface area contributed by atoms with Gasteiger partial charge in [0.05, 0.1) is 0 Å². The first-order valence-electron chi connectivity index (χ1n) is 4.79. The van der Waals surface area contributed by atoms with Crippen LogP contribution in [0.25, 0.3) is 0 Å². The SMILES string of the molecule is N[C@H](C1CCCCC1)C(O)C(=O)O. The Kier molecular flexibility index (Phi) is 3.69. The summed E-state index contributed by atoms with van der Waals surface area (Å²) in [5, 5.41) is 17.8. The number of aliphatic carboxylic acids is 1. The van der Waals surface area contributed by atoms with Gasteiger partial charge in [0, 0.05) is 6.04 Å². The number of hydrogen-bond donors (Lipinski definition) is 3. The highest BCUT2D eigenvalue weighted by Crippen LogP contribution is 2.26. The lowest BCUT2D eigenvalue weighted by molar-refractivity contribution is -0.148. The minimum absolute atomic E-state index is 0.180. The van der Waals surface area contributed by atoms with Crippen LogP contribution in [0.2, 0.25) is 0 Å². The second kappa shape index (κ2) is 4.58. The molecule has 0 bridgehead atoms. The van der Waals surface area contributed by atoms with Gasteiger partial charge in [-0.25, -0.2) is 4.79 Å². The number of carbonyl (C=O) groups is 1. The van der Waals surface area contributed by atoms with Gasteiger partial charge < -0.3 is 15.9 Å². The third-order valence-electron chi connectivity index (χ3n) is 2.81. The van der Waals surface area contributed by atoms with Crippen molar-refractivity contribution in [3.63, 3.8) is 0 Å². The molecule has 0 aromatic heterocycles. The van der Waals surface area contributed by atoms with E-state index in [1.165, 1.54) is 6.42 Å². The largest absolute Gasteiger partial charge is 0.479 e. The molecule has 0 spiro atoms. The lowest BCUT2D eigenvalue weighted by Gasteiger charge is -2.28. The van der Waals surface area contributed by atoms with Crippen LogP contribution in [0.4, 0.5) is 0 Å². The molecule has 0 radical (unpaired) electrons. The van der Waals surface area contributed by atoms with E-state index in [0.717, 1.165) is 25.7 Å². The first-order chi connectivity index (χ1) is 6.13. The van der Waals surface area contributed by atoms with Crippen molar-refractivity contribution in [1.82, 2.24) is 0 Å². The van der Waals surface area contributed by atoms with Crippen molar-refractivity contribution in [1.29, 1.82) is 0 Å². The van der Waals surface area contributed by atoms with Crippen molar-refractivity contribution in [3.05, 3.63) is 0 Å². The Balaban J connectivity index is 2.44. The minimum Gasteiger partial charge on any atom is -0.479 e. The van der Waals surface area contributed by atoms with Gasteiger partial charge in [-0.1, -0.05) is 19.3 Å². The van der Waals surface area contributed by atoms with E-state index in [-0.39, 0.29) is 5.92 Å². The lowest BCUT2D eigenvalue weighted by atomic mass is 9.82. The third kappa shape index (κ3) is 2.67. The van der Waals surface area contributed by atoms with Gasteiger partial charge in [-0.3, -0.25) is 0 Å². The van der Waals surface area contributed by atoms with Gasteiger partial charge in [0.15, 0.2) is 6.10 Å². The van der Waals surface area contributed by atoms with Crippen molar-refractivity contribution >= 4 is 5.97 Å². The summed E-state index contributed by atoms with van der Waals surface area (Å²) < 4.78 is 0. The molecule has 0 saturated heterocycles. The zero-order chi connectivity index (χ0) is 9.84. The molecule has 1 unspecified atom stereocenters. The standard InChI is InChI=1S/C9H17NO3/c10-7(8(11)9(12)13)6-4-2-1-3-5-6/h6-8,11H,1-5,10H2,(H,12,13)/t7-,8?/m1/s1. The van der Waals surface area contributed by atoms with Gasteiger partial charge in [0.1, 0.15) is 0 Å². The number of aliphatic hydroxyl groups is 1. The van der Waals surface area contributed by atoms with Crippen molar-refractivity contribution in [3.8, 4) is 0 Å². The van der Waals surface area contributed by atoms with Crippen molar-refractivity contribution in [2.24, 2.45) is 11.7 Å². The van der Waals surface area contributed by atoms with E-state index >= 15 is 0 Å². The smallest absolute Gasteiger partial charge is 0.334 e. The first-order valence-corrected chi connectivity index (χ1v) is 4.79. The molecule has 76 valence electrons. The van der Waals surface area contributed by atoms with E-state index < -0.39 is 18.1 Å². The van der Waals surface area contributed by atoms with Gasteiger partial charge in [-0.15, -0.1) is 0 Å². The van der Waals surface area contributed by atoms with E-state index in [2.05, 4.69) is 0 Å². The van der Waals surface area contributed by atoms with Crippen LogP contribution < -0.4 is 5.73 Å². The van der Waals surface area contributed by atoms with Gasteiger partial charge >= 0.3 is 5.97 Å². The average molecular weight is 187 g/mol. The monoisotopic (exact) mass is 187 g/mol. The van der Waals surface area contributed by atoms with Gasteiger partial charge in [0.2, 0.25) is 0 Å². The van der Waals surface area contributed by atoms with Gasteiger partial charge in [-0.05, 0) is 18.8 Å². The predicted octanol–water partition coefficient (Wildman–Crippen LogP) is 0.339. The van der Waals surface area contributed by atoms with E-state index in [9.17, 15) is 9.90 Å². The maximum atomic E-state index is 10.5. The lowest BCUT2D eigenvalue weighted by Crippen LogP contribution is -2.46. The molecule has 0 aromatic rings. The van der Waals surface area contributed by atoms with Crippen LogP contribution in [0.3, 0.4) is 0 Å². The zero-order valence-corrected chi connectivity index (χ0v) is 7.65. The second-order valence-corrected chi connectivity index (χ2v) is 3.76. The summed E-state index contributed by atoms with van der Waals surface area (Å²) in [5.74, 6) is -1.03. The van der Waals surface area contributed by atoms with Crippen LogP contribution in [0.15, 0.2) is 0 Å². The zero-order valence-electron chi connectivity index (χ0n) is 7.65. The van der Waals surface area contributed by atoms with Gasteiger partial charge in [0.25, 0.3) is 0 Å². The van der Waals surface area contributed by atoms with E-state index in [1.807, 2.05) is 0 Å². The molecule has 0 aliphatic heterocycles. The molecular weight excluding hydrogens is 170 g/mol. The molecule has 1 fully saturated rings. The summed E-state index contributed by atoms with van der Waals surface area (Å²) >= 11 is 0. The molecule has 13 heavy (non-hydrogen) atoms. The predicted molar refractivity (Wildman–Crippen MR) is 48.2 cm³/mol. The summed E-state index contributed by atoms with van der Waals surface area (Å²) in [7, 11) is 0. The molecular formula is C9H17NO3. The Labute approximate surface area is 77.7 Å². The van der Waals surface area contributed by atoms with Gasteiger partial charge in [-0.2, -0.15) is 0 Å². The third-order valence-corrected chi connectivity index (χ3v) is 2.81. The van der Waals surface area contributed by atoms with Crippen molar-refractivity contribution < 1.29 is 15.0 Å². The van der Waals surface area contributed by atoms with E-state index in [0.29, 0.717) is 0 Å². The van der Waals surface area contributed by atoms with Crippen molar-refractivity contribution in [2.45, 2.75) is 44.2 Å². The van der Waals surface area contributed by atoms with Crippen molar-refractivity contribution in [2.75, 3.05) is 0 Å². The number of carboxylic acids is 1. The average Bonchev–Trinajstić information content (AvgIpc) is 2.17. The molecule has 4 heteroatoms. The number of rotatable bonds is 3. The number of carboxylic acid groups (broad SMARTS) is 1. The van der Waals surface area contributed by atoms with Crippen LogP contribution in [0.1, 0.15) is 32.1 Å². The Morgan fingerprint density at radius 3 is 2.31 bits per heavy atom. The van der Waals surface area contributed by atoms with Crippen LogP contribution in [0, 0.1) is 5.92 Å². The maximum Gasteiger partial charge on any atom is 0.334 e. The fourth-order valence-corrected chi connectivity index (χ4v) is 1.94. The molecule has 1 rings (SSSR count). The molecule has 0 heterocycles. The Hall–Kier alpha value is -0.610. The van der Waals surface area contributed by atoms with E-state index in [4.69, 9.17) is 10.8 Å². The molecule has 2 atom stereocenters. The highest BCUT2D eigenvalue weighted by Gasteiger charge is 2.30. The summed E-state index contributed by atoms with van der Waals surface area (Å²) in [6, 6.07) is -0.599. The summed E-state index contributed by atoms with van der Waals surface area (Å²) in [6.45, 7) is 0. The number of aliphatic hydroxyl groups excluding tert-OH is 1. The molecule has 4 nitrogen and oxygen atoms in total. The Morgan fingerprint density at radius 1 is 1.31 bits per heavy atom. The fraction of sp³-hybridized carbons (Fsp3) is 0.889. The normalized spacial score (nSPS) is 23.8. The first kappa shape index (κ1) is 10.5. The number of nitrogens with two attached hydrogens (primary N) is 1. The Morgan fingerprint density at radius 2 is 1.85 bits per heavy atom. The topological polar surface area (TPSA) is 83.5 Å². The van der Waals surface area contributed by atoms with Crippen LogP contribution in [0.5, 0.6) is 0 Å². The fourth-order valence-electron chi connectivity index (χ4n) is 1.94. The maximum absolute atomic E-state index is 10.5. The highest BCUT2D eigenvalue weighted by atomic mass is 16.4. The molecule has 4 N–H and O–H groups in total. The van der Waals surface area contributed by atoms with Crippen LogP contribution >= 0.6 is 0 Å². The molecule has 1 saturated carbocycles. The number of hydrogen-bond acceptors (Lipinski definition) is 3. The molecule has 0 amide bonds. The minimum atomic E-state index is -1.40. The quantitative estimate of drug-likeness (QED) is 0.595. The molecule has 1 aliphatic rings. The molecule has 1 aliphatic carbocycles. The highest BCUT2D eigenvalue weighted by molar-refractivity contribution is 5.72.